The van der Waals surface area contributed by atoms with Crippen molar-refractivity contribution in [3.63, 3.8) is 0 Å². The standard InChI is InChI=1S/C14H18N2O4S/c1-9(2)15-12(17)7-16(3)14(20)10-6-11(21-8-10)4-5-13(18)19/h4-6,8-9H,7H2,1-3H3,(H,15,17)(H,18,19). The van der Waals surface area contributed by atoms with Crippen molar-refractivity contribution in [1.82, 2.24) is 10.2 Å². The van der Waals surface area contributed by atoms with Crippen LogP contribution in [0.4, 0.5) is 0 Å². The molecule has 1 aromatic heterocycles. The summed E-state index contributed by atoms with van der Waals surface area (Å²) in [4.78, 5) is 36.2. The van der Waals surface area contributed by atoms with E-state index in [-0.39, 0.29) is 24.4 Å². The molecule has 0 fully saturated rings. The molecule has 0 aliphatic carbocycles. The lowest BCUT2D eigenvalue weighted by atomic mass is 10.2. The van der Waals surface area contributed by atoms with Crippen molar-refractivity contribution in [1.29, 1.82) is 0 Å². The number of likely N-dealkylation sites (N-methyl/N-ethyl adjacent to an activating group) is 1. The first-order chi connectivity index (χ1) is 9.79. The van der Waals surface area contributed by atoms with E-state index in [2.05, 4.69) is 5.32 Å². The highest BCUT2D eigenvalue weighted by molar-refractivity contribution is 7.11. The number of thiophene rings is 1. The molecule has 6 nitrogen and oxygen atoms in total. The second kappa shape index (κ2) is 7.58. The summed E-state index contributed by atoms with van der Waals surface area (Å²) in [5, 5.41) is 12.9. The highest BCUT2D eigenvalue weighted by atomic mass is 32.1. The van der Waals surface area contributed by atoms with E-state index in [1.165, 1.54) is 22.3 Å². The zero-order valence-electron chi connectivity index (χ0n) is 12.1. The molecule has 2 N–H and O–H groups in total. The molecule has 1 heterocycles. The predicted octanol–water partition coefficient (Wildman–Crippen LogP) is 1.44. The molecule has 0 spiro atoms. The van der Waals surface area contributed by atoms with Crippen LogP contribution < -0.4 is 5.32 Å². The number of hydrogen-bond acceptors (Lipinski definition) is 4. The van der Waals surface area contributed by atoms with Gasteiger partial charge in [0.05, 0.1) is 12.1 Å². The van der Waals surface area contributed by atoms with E-state index in [4.69, 9.17) is 5.11 Å². The first kappa shape index (κ1) is 16.9. The number of carboxylic acid groups (broad SMARTS) is 1. The van der Waals surface area contributed by atoms with Crippen molar-refractivity contribution < 1.29 is 19.5 Å². The quantitative estimate of drug-likeness (QED) is 0.778. The molecule has 0 bridgehead atoms. The monoisotopic (exact) mass is 310 g/mol. The van der Waals surface area contributed by atoms with E-state index in [1.54, 1.807) is 18.5 Å². The van der Waals surface area contributed by atoms with Crippen LogP contribution in [0.3, 0.4) is 0 Å². The van der Waals surface area contributed by atoms with Crippen LogP contribution in [0.15, 0.2) is 17.5 Å². The van der Waals surface area contributed by atoms with Crippen LogP contribution in [0.1, 0.15) is 29.1 Å². The molecule has 0 saturated heterocycles. The molecule has 0 saturated carbocycles. The lowest BCUT2D eigenvalue weighted by Gasteiger charge is -2.17. The Hall–Kier alpha value is -2.15. The molecule has 1 aromatic rings. The zero-order valence-corrected chi connectivity index (χ0v) is 12.9. The number of carbonyl (C=O) groups excluding carboxylic acids is 2. The Balaban J connectivity index is 2.66. The molecule has 0 radical (unpaired) electrons. The Morgan fingerprint density at radius 1 is 1.43 bits per heavy atom. The average Bonchev–Trinajstić information content (AvgIpc) is 2.82. The first-order valence-corrected chi connectivity index (χ1v) is 7.22. The van der Waals surface area contributed by atoms with Gasteiger partial charge in [-0.15, -0.1) is 11.3 Å². The number of hydrogen-bond donors (Lipinski definition) is 2. The third-order valence-corrected chi connectivity index (χ3v) is 3.33. The van der Waals surface area contributed by atoms with Gasteiger partial charge in [0.1, 0.15) is 0 Å². The topological polar surface area (TPSA) is 86.7 Å². The minimum Gasteiger partial charge on any atom is -0.478 e. The fourth-order valence-corrected chi connectivity index (χ4v) is 2.35. The summed E-state index contributed by atoms with van der Waals surface area (Å²) in [5.41, 5.74) is 0.435. The van der Waals surface area contributed by atoms with Crippen molar-refractivity contribution in [2.24, 2.45) is 0 Å². The van der Waals surface area contributed by atoms with Gasteiger partial charge >= 0.3 is 5.97 Å². The number of rotatable bonds is 6. The Morgan fingerprint density at radius 3 is 2.67 bits per heavy atom. The molecule has 1 rings (SSSR count). The summed E-state index contributed by atoms with van der Waals surface area (Å²) in [6.07, 6.45) is 2.44. The maximum atomic E-state index is 12.1. The number of nitrogens with zero attached hydrogens (tertiary/aromatic N) is 1. The van der Waals surface area contributed by atoms with Crippen molar-refractivity contribution in [3.8, 4) is 0 Å². The predicted molar refractivity (Wildman–Crippen MR) is 81.2 cm³/mol. The highest BCUT2D eigenvalue weighted by Crippen LogP contribution is 2.17. The molecule has 0 aliphatic rings. The van der Waals surface area contributed by atoms with Crippen LogP contribution in [0.5, 0.6) is 0 Å². The van der Waals surface area contributed by atoms with E-state index in [9.17, 15) is 14.4 Å². The second-order valence-electron chi connectivity index (χ2n) is 4.79. The van der Waals surface area contributed by atoms with Crippen molar-refractivity contribution in [3.05, 3.63) is 28.0 Å². The summed E-state index contributed by atoms with van der Waals surface area (Å²) >= 11 is 1.27. The van der Waals surface area contributed by atoms with E-state index < -0.39 is 5.97 Å². The van der Waals surface area contributed by atoms with Gasteiger partial charge in [0.2, 0.25) is 5.91 Å². The van der Waals surface area contributed by atoms with Gasteiger partial charge in [-0.05, 0) is 26.0 Å². The molecule has 2 amide bonds. The third-order valence-electron chi connectivity index (χ3n) is 2.43. The number of carboxylic acids is 1. The fourth-order valence-electron chi connectivity index (χ4n) is 1.58. The number of nitrogens with one attached hydrogen (secondary N) is 1. The van der Waals surface area contributed by atoms with Gasteiger partial charge < -0.3 is 15.3 Å². The Kier molecular flexibility index (Phi) is 6.10. The van der Waals surface area contributed by atoms with Gasteiger partial charge in [0.15, 0.2) is 0 Å². The van der Waals surface area contributed by atoms with Crippen LogP contribution in [0, 0.1) is 0 Å². The molecule has 0 atom stereocenters. The number of carbonyl (C=O) groups is 3. The largest absolute Gasteiger partial charge is 0.478 e. The molecular formula is C14H18N2O4S. The highest BCUT2D eigenvalue weighted by Gasteiger charge is 2.16. The molecule has 21 heavy (non-hydrogen) atoms. The SMILES string of the molecule is CC(C)NC(=O)CN(C)C(=O)c1csc(C=CC(=O)O)c1. The molecule has 7 heteroatoms. The van der Waals surface area contributed by atoms with Crippen LogP contribution in [0.25, 0.3) is 6.08 Å². The maximum Gasteiger partial charge on any atom is 0.328 e. The van der Waals surface area contributed by atoms with Crippen molar-refractivity contribution >= 4 is 35.2 Å². The van der Waals surface area contributed by atoms with Crippen LogP contribution in [0.2, 0.25) is 0 Å². The minimum absolute atomic E-state index is 0.0207. The van der Waals surface area contributed by atoms with Crippen LogP contribution in [-0.4, -0.2) is 47.4 Å². The van der Waals surface area contributed by atoms with Gasteiger partial charge in [-0.3, -0.25) is 9.59 Å². The smallest absolute Gasteiger partial charge is 0.328 e. The van der Waals surface area contributed by atoms with Crippen molar-refractivity contribution in [2.45, 2.75) is 19.9 Å². The summed E-state index contributed by atoms with van der Waals surface area (Å²) in [6.45, 7) is 3.67. The molecule has 0 aliphatic heterocycles. The lowest BCUT2D eigenvalue weighted by molar-refractivity contribution is -0.131. The van der Waals surface area contributed by atoms with Gasteiger partial charge in [-0.1, -0.05) is 0 Å². The van der Waals surface area contributed by atoms with Crippen molar-refractivity contribution in [2.75, 3.05) is 13.6 Å². The van der Waals surface area contributed by atoms with Crippen LogP contribution in [-0.2, 0) is 9.59 Å². The van der Waals surface area contributed by atoms with E-state index in [0.29, 0.717) is 10.4 Å². The average molecular weight is 310 g/mol. The Labute approximate surface area is 127 Å². The van der Waals surface area contributed by atoms with Crippen LogP contribution >= 0.6 is 11.3 Å². The van der Waals surface area contributed by atoms with E-state index in [1.807, 2.05) is 13.8 Å². The third kappa shape index (κ3) is 5.78. The van der Waals surface area contributed by atoms with Gasteiger partial charge in [0.25, 0.3) is 5.91 Å². The number of aliphatic carboxylic acids is 1. The number of amides is 2. The zero-order chi connectivity index (χ0) is 16.0. The Morgan fingerprint density at radius 2 is 2.10 bits per heavy atom. The normalized spacial score (nSPS) is 10.9. The molecule has 0 unspecified atom stereocenters. The minimum atomic E-state index is -1.04. The van der Waals surface area contributed by atoms with Gasteiger partial charge in [-0.25, -0.2) is 4.79 Å². The summed E-state index contributed by atoms with van der Waals surface area (Å²) in [6, 6.07) is 1.62. The Bertz CT molecular complexity index is 563. The summed E-state index contributed by atoms with van der Waals surface area (Å²) in [5.74, 6) is -1.54. The summed E-state index contributed by atoms with van der Waals surface area (Å²) in [7, 11) is 1.55. The maximum absolute atomic E-state index is 12.1. The van der Waals surface area contributed by atoms with Gasteiger partial charge in [0, 0.05) is 29.4 Å². The first-order valence-electron chi connectivity index (χ1n) is 6.34. The second-order valence-corrected chi connectivity index (χ2v) is 5.74. The summed E-state index contributed by atoms with van der Waals surface area (Å²) < 4.78 is 0. The molecule has 0 aromatic carbocycles. The fraction of sp³-hybridized carbons (Fsp3) is 0.357. The van der Waals surface area contributed by atoms with E-state index in [0.717, 1.165) is 6.08 Å². The molecule has 114 valence electrons. The van der Waals surface area contributed by atoms with Gasteiger partial charge in [-0.2, -0.15) is 0 Å². The van der Waals surface area contributed by atoms with E-state index >= 15 is 0 Å². The lowest BCUT2D eigenvalue weighted by Crippen LogP contribution is -2.40. The molecular weight excluding hydrogens is 292 g/mol.